The Labute approximate surface area is 107 Å². The highest BCUT2D eigenvalue weighted by molar-refractivity contribution is 6.05. The molecule has 8 nitrogen and oxygen atoms in total. The van der Waals surface area contributed by atoms with E-state index in [0.29, 0.717) is 23.7 Å². The smallest absolute Gasteiger partial charge is 0.271 e. The molecule has 3 rings (SSSR count). The molecular weight excluding hydrogens is 248 g/mol. The van der Waals surface area contributed by atoms with Crippen LogP contribution in [-0.4, -0.2) is 32.8 Å². The SMILES string of the molecule is Cc1nc2cc([N+](=O)[O-])ccc2n1C1=NC(N)=NC1. The van der Waals surface area contributed by atoms with Crippen LogP contribution in [-0.2, 0) is 0 Å². The monoisotopic (exact) mass is 258 g/mol. The number of hydrogen-bond acceptors (Lipinski definition) is 6. The first-order valence-electron chi connectivity index (χ1n) is 5.57. The predicted octanol–water partition coefficient (Wildman–Crippen LogP) is 0.828. The third-order valence-corrected chi connectivity index (χ3v) is 2.90. The van der Waals surface area contributed by atoms with Gasteiger partial charge in [-0.1, -0.05) is 0 Å². The van der Waals surface area contributed by atoms with Crippen molar-refractivity contribution in [3.63, 3.8) is 0 Å². The van der Waals surface area contributed by atoms with Crippen molar-refractivity contribution in [2.75, 3.05) is 6.54 Å². The van der Waals surface area contributed by atoms with Gasteiger partial charge in [-0.05, 0) is 13.0 Å². The Kier molecular flexibility index (Phi) is 2.31. The molecule has 1 aromatic carbocycles. The Balaban J connectivity index is 2.19. The lowest BCUT2D eigenvalue weighted by Gasteiger charge is -2.04. The average molecular weight is 258 g/mol. The number of nitrogens with two attached hydrogens (primary N) is 1. The van der Waals surface area contributed by atoms with E-state index in [4.69, 9.17) is 5.73 Å². The number of aromatic nitrogens is 2. The van der Waals surface area contributed by atoms with Gasteiger partial charge in [-0.2, -0.15) is 4.99 Å². The van der Waals surface area contributed by atoms with Gasteiger partial charge in [-0.15, -0.1) is 0 Å². The van der Waals surface area contributed by atoms with Crippen molar-refractivity contribution in [1.82, 2.24) is 9.55 Å². The van der Waals surface area contributed by atoms with E-state index in [9.17, 15) is 10.1 Å². The van der Waals surface area contributed by atoms with Gasteiger partial charge in [0, 0.05) is 12.1 Å². The number of imidazole rings is 1. The summed E-state index contributed by atoms with van der Waals surface area (Å²) in [6.45, 7) is 2.19. The highest BCUT2D eigenvalue weighted by Gasteiger charge is 2.18. The fraction of sp³-hybridized carbons (Fsp3) is 0.182. The summed E-state index contributed by atoms with van der Waals surface area (Å²) in [6.07, 6.45) is 0. The van der Waals surface area contributed by atoms with Gasteiger partial charge in [-0.25, -0.2) is 9.98 Å². The number of aryl methyl sites for hydroxylation is 1. The zero-order valence-corrected chi connectivity index (χ0v) is 10.1. The maximum absolute atomic E-state index is 10.7. The summed E-state index contributed by atoms with van der Waals surface area (Å²) >= 11 is 0. The standard InChI is InChI=1S/C11H10N6O2/c1-6-14-8-4-7(17(18)19)2-3-9(8)16(6)10-5-13-11(12)15-10/h2-4H,5H2,1H3,(H2,12,13). The number of benzene rings is 1. The van der Waals surface area contributed by atoms with Crippen LogP contribution in [0.5, 0.6) is 0 Å². The number of rotatable bonds is 1. The Hall–Kier alpha value is -2.77. The van der Waals surface area contributed by atoms with Crippen LogP contribution in [0.2, 0.25) is 0 Å². The summed E-state index contributed by atoms with van der Waals surface area (Å²) in [4.78, 5) is 22.8. The Bertz CT molecular complexity index is 758. The molecule has 8 heteroatoms. The van der Waals surface area contributed by atoms with Crippen LogP contribution in [0.25, 0.3) is 11.0 Å². The lowest BCUT2D eigenvalue weighted by atomic mass is 10.3. The van der Waals surface area contributed by atoms with E-state index in [1.165, 1.54) is 12.1 Å². The third-order valence-electron chi connectivity index (χ3n) is 2.90. The first-order chi connectivity index (χ1) is 9.06. The maximum atomic E-state index is 10.7. The molecule has 0 amide bonds. The van der Waals surface area contributed by atoms with Crippen molar-refractivity contribution in [2.24, 2.45) is 15.7 Å². The van der Waals surface area contributed by atoms with E-state index in [1.54, 1.807) is 6.07 Å². The summed E-state index contributed by atoms with van der Waals surface area (Å²) in [6, 6.07) is 4.54. The molecule has 1 aliphatic heterocycles. The molecule has 0 atom stereocenters. The first-order valence-corrected chi connectivity index (χ1v) is 5.57. The molecule has 96 valence electrons. The summed E-state index contributed by atoms with van der Waals surface area (Å²) in [5.74, 6) is 1.60. The number of nitro benzene ring substituents is 1. The fourth-order valence-corrected chi connectivity index (χ4v) is 2.10. The molecule has 0 unspecified atom stereocenters. The molecule has 0 spiro atoms. The van der Waals surface area contributed by atoms with Crippen molar-refractivity contribution in [2.45, 2.75) is 6.92 Å². The van der Waals surface area contributed by atoms with Gasteiger partial charge in [0.15, 0.2) is 0 Å². The van der Waals surface area contributed by atoms with Crippen LogP contribution in [0.3, 0.4) is 0 Å². The molecule has 19 heavy (non-hydrogen) atoms. The second kappa shape index (κ2) is 3.87. The Morgan fingerprint density at radius 2 is 2.26 bits per heavy atom. The van der Waals surface area contributed by atoms with Gasteiger partial charge in [0.1, 0.15) is 18.2 Å². The molecule has 0 aliphatic carbocycles. The predicted molar refractivity (Wildman–Crippen MR) is 70.4 cm³/mol. The van der Waals surface area contributed by atoms with Crippen molar-refractivity contribution in [1.29, 1.82) is 0 Å². The van der Waals surface area contributed by atoms with Gasteiger partial charge in [0.25, 0.3) is 5.69 Å². The average Bonchev–Trinajstić information content (AvgIpc) is 2.90. The molecule has 1 aromatic heterocycles. The summed E-state index contributed by atoms with van der Waals surface area (Å²) < 4.78 is 1.81. The quantitative estimate of drug-likeness (QED) is 0.602. The molecule has 0 fully saturated rings. The van der Waals surface area contributed by atoms with Crippen LogP contribution in [0.1, 0.15) is 5.82 Å². The minimum atomic E-state index is -0.442. The van der Waals surface area contributed by atoms with Crippen molar-refractivity contribution in [3.05, 3.63) is 34.1 Å². The third kappa shape index (κ3) is 1.73. The zero-order valence-electron chi connectivity index (χ0n) is 10.1. The van der Waals surface area contributed by atoms with Crippen molar-refractivity contribution in [3.8, 4) is 0 Å². The first kappa shape index (κ1) is 11.3. The molecule has 1 aliphatic rings. The number of non-ortho nitro benzene ring substituents is 1. The van der Waals surface area contributed by atoms with Crippen LogP contribution in [0.4, 0.5) is 5.69 Å². The molecule has 2 N–H and O–H groups in total. The van der Waals surface area contributed by atoms with Crippen LogP contribution in [0, 0.1) is 17.0 Å². The minimum absolute atomic E-state index is 0.0151. The molecule has 0 saturated carbocycles. The fourth-order valence-electron chi connectivity index (χ4n) is 2.10. The second-order valence-corrected chi connectivity index (χ2v) is 4.13. The summed E-state index contributed by atoms with van der Waals surface area (Å²) in [7, 11) is 0. The van der Waals surface area contributed by atoms with Crippen molar-refractivity contribution >= 4 is 28.5 Å². The normalized spacial score (nSPS) is 14.6. The lowest BCUT2D eigenvalue weighted by molar-refractivity contribution is -0.384. The largest absolute Gasteiger partial charge is 0.368 e. The van der Waals surface area contributed by atoms with Crippen LogP contribution in [0.15, 0.2) is 28.2 Å². The Morgan fingerprint density at radius 3 is 2.89 bits per heavy atom. The minimum Gasteiger partial charge on any atom is -0.368 e. The number of guanidine groups is 1. The summed E-state index contributed by atoms with van der Waals surface area (Å²) in [5, 5.41) is 10.7. The van der Waals surface area contributed by atoms with E-state index in [1.807, 2.05) is 11.5 Å². The van der Waals surface area contributed by atoms with Crippen LogP contribution >= 0.6 is 0 Å². The molecule has 2 aromatic rings. The lowest BCUT2D eigenvalue weighted by Crippen LogP contribution is -2.15. The summed E-state index contributed by atoms with van der Waals surface area (Å²) in [5.41, 5.74) is 6.86. The molecule has 0 radical (unpaired) electrons. The highest BCUT2D eigenvalue weighted by Crippen LogP contribution is 2.22. The van der Waals surface area contributed by atoms with Gasteiger partial charge in [0.2, 0.25) is 5.96 Å². The van der Waals surface area contributed by atoms with E-state index in [0.717, 1.165) is 5.52 Å². The van der Waals surface area contributed by atoms with Gasteiger partial charge in [0.05, 0.1) is 16.0 Å². The number of nitrogens with zero attached hydrogens (tertiary/aromatic N) is 5. The van der Waals surface area contributed by atoms with Gasteiger partial charge in [-0.3, -0.25) is 14.7 Å². The van der Waals surface area contributed by atoms with Gasteiger partial charge < -0.3 is 5.73 Å². The maximum Gasteiger partial charge on any atom is 0.271 e. The number of aliphatic imine (C=N–C) groups is 2. The molecule has 0 saturated heterocycles. The Morgan fingerprint density at radius 1 is 1.47 bits per heavy atom. The van der Waals surface area contributed by atoms with Crippen LogP contribution < -0.4 is 5.73 Å². The molecule has 2 heterocycles. The molecule has 0 bridgehead atoms. The molecular formula is C11H10N6O2. The number of fused-ring (bicyclic) bond motifs is 1. The van der Waals surface area contributed by atoms with E-state index in [2.05, 4.69) is 15.0 Å². The second-order valence-electron chi connectivity index (χ2n) is 4.13. The number of nitro groups is 1. The van der Waals surface area contributed by atoms with E-state index in [-0.39, 0.29) is 11.6 Å². The van der Waals surface area contributed by atoms with E-state index >= 15 is 0 Å². The highest BCUT2D eigenvalue weighted by atomic mass is 16.6. The number of hydrogen-bond donors (Lipinski definition) is 1. The zero-order chi connectivity index (χ0) is 13.6. The van der Waals surface area contributed by atoms with E-state index < -0.39 is 4.92 Å². The van der Waals surface area contributed by atoms with Crippen molar-refractivity contribution < 1.29 is 4.92 Å². The topological polar surface area (TPSA) is 112 Å². The van der Waals surface area contributed by atoms with Gasteiger partial charge >= 0.3 is 0 Å².